The molecule has 0 spiro atoms. The summed E-state index contributed by atoms with van der Waals surface area (Å²) >= 11 is 5.66. The molecule has 0 atom stereocenters. The fourth-order valence-electron chi connectivity index (χ4n) is 1.63. The van der Waals surface area contributed by atoms with Gasteiger partial charge in [0.15, 0.2) is 0 Å². The Morgan fingerprint density at radius 3 is 1.00 bits per heavy atom. The van der Waals surface area contributed by atoms with Crippen LogP contribution >= 0.6 is 6.72 Å². The second-order valence-corrected chi connectivity index (χ2v) is 7.70. The van der Waals surface area contributed by atoms with Gasteiger partial charge in [0.1, 0.15) is 17.3 Å². The van der Waals surface area contributed by atoms with Crippen LogP contribution in [0.1, 0.15) is 0 Å². The van der Waals surface area contributed by atoms with Crippen LogP contribution in [0.2, 0.25) is 0 Å². The van der Waals surface area contributed by atoms with Crippen LogP contribution in [0.25, 0.3) is 0 Å². The summed E-state index contributed by atoms with van der Waals surface area (Å²) in [6.45, 7) is 18.6. The molecule has 152 valence electrons. The van der Waals surface area contributed by atoms with E-state index in [1.165, 1.54) is 0 Å². The molecular weight excluding hydrogens is 399 g/mol. The Bertz CT molecular complexity index is 727. The van der Waals surface area contributed by atoms with E-state index in [-0.39, 0.29) is 0 Å². The van der Waals surface area contributed by atoms with Crippen LogP contribution in [0.4, 0.5) is 0 Å². The van der Waals surface area contributed by atoms with Gasteiger partial charge in [-0.25, -0.2) is 0 Å². The lowest BCUT2D eigenvalue weighted by atomic mass is 10.4. The highest BCUT2D eigenvalue weighted by atomic mass is 32.5. The Morgan fingerprint density at radius 1 is 0.517 bits per heavy atom. The van der Waals surface area contributed by atoms with E-state index in [0.717, 1.165) is 0 Å². The molecule has 0 aromatic carbocycles. The van der Waals surface area contributed by atoms with E-state index in [9.17, 15) is 0 Å². The van der Waals surface area contributed by atoms with Crippen molar-refractivity contribution in [3.8, 4) is 0 Å². The Morgan fingerprint density at radius 2 is 0.793 bits per heavy atom. The third-order valence-electron chi connectivity index (χ3n) is 2.69. The summed E-state index contributed by atoms with van der Waals surface area (Å²) in [6, 6.07) is 0. The molecule has 0 amide bonds. The molecule has 0 saturated carbocycles. The van der Waals surface area contributed by atoms with Crippen LogP contribution in [0.3, 0.4) is 0 Å². The van der Waals surface area contributed by atoms with Crippen LogP contribution < -0.4 is 0 Å². The van der Waals surface area contributed by atoms with Gasteiger partial charge in [0, 0.05) is 11.8 Å². The number of hydrogen-bond donors (Lipinski definition) is 0. The summed E-state index contributed by atoms with van der Waals surface area (Å²) in [5.41, 5.74) is 0. The lowest BCUT2D eigenvalue weighted by Gasteiger charge is -2.24. The first-order chi connectivity index (χ1) is 14.0. The van der Waals surface area contributed by atoms with Gasteiger partial charge in [-0.05, 0) is 36.5 Å². The molecule has 5 heteroatoms. The fraction of sp³-hybridized carbons (Fsp3) is 0. The van der Waals surface area contributed by atoms with Crippen LogP contribution in [-0.4, -0.2) is 0 Å². The van der Waals surface area contributed by atoms with E-state index >= 15 is 0 Å². The summed E-state index contributed by atoms with van der Waals surface area (Å²) in [5, 5.41) is 0. The topological polar surface area (TPSA) is 27.7 Å². The number of allylic oxidation sites excluding steroid dienone is 15. The van der Waals surface area contributed by atoms with Crippen molar-refractivity contribution in [3.63, 3.8) is 0 Å². The summed E-state index contributed by atoms with van der Waals surface area (Å²) < 4.78 is 17.9. The molecular formula is C24H27O3PS. The quantitative estimate of drug-likeness (QED) is 0.152. The van der Waals surface area contributed by atoms with Crippen LogP contribution in [0, 0.1) is 0 Å². The Kier molecular flexibility index (Phi) is 14.2. The third kappa shape index (κ3) is 12.1. The molecule has 0 unspecified atom stereocenters. The second-order valence-electron chi connectivity index (χ2n) is 4.92. The third-order valence-corrected chi connectivity index (χ3v) is 4.66. The average Bonchev–Trinajstić information content (AvgIpc) is 2.69. The summed E-state index contributed by atoms with van der Waals surface area (Å²) in [5.74, 6) is 1.21. The smallest absolute Gasteiger partial charge is 0.407 e. The summed E-state index contributed by atoms with van der Waals surface area (Å²) in [6.07, 6.45) is 24.6. The predicted molar refractivity (Wildman–Crippen MR) is 130 cm³/mol. The molecule has 0 aliphatic rings. The van der Waals surface area contributed by atoms with Gasteiger partial charge in [-0.2, -0.15) is 0 Å². The van der Waals surface area contributed by atoms with Gasteiger partial charge < -0.3 is 13.6 Å². The SMILES string of the molecule is C=C/C=C\C(=C/C=C)OP(=S)(OC(/C=C\C=C)=C/C=C)OC(/C=C\C=C)=C/C=C. The van der Waals surface area contributed by atoms with E-state index in [1.54, 1.807) is 91.1 Å². The monoisotopic (exact) mass is 426 g/mol. The van der Waals surface area contributed by atoms with Crippen molar-refractivity contribution in [1.82, 2.24) is 0 Å². The van der Waals surface area contributed by atoms with Gasteiger partial charge in [-0.15, -0.1) is 0 Å². The van der Waals surface area contributed by atoms with Crippen molar-refractivity contribution >= 4 is 18.5 Å². The highest BCUT2D eigenvalue weighted by Gasteiger charge is 2.27. The minimum Gasteiger partial charge on any atom is -0.407 e. The standard InChI is InChI=1S/C24H27O3PS/c1-7-13-19-22(16-10-4)25-28(29,26-23(17-11-5)20-14-8-2)27-24(18-12-6)21-15-9-3/h7-21H,1-6H2/b19-13-,20-14-,21-15-,22-16+,23-17+,24-18+. The van der Waals surface area contributed by atoms with Crippen molar-refractivity contribution in [1.29, 1.82) is 0 Å². The number of rotatable bonds is 15. The first-order valence-corrected chi connectivity index (χ1v) is 11.1. The summed E-state index contributed by atoms with van der Waals surface area (Å²) in [7, 11) is 0. The fourth-order valence-corrected chi connectivity index (χ4v) is 3.66. The zero-order chi connectivity index (χ0) is 22.0. The van der Waals surface area contributed by atoms with Gasteiger partial charge in [-0.1, -0.05) is 94.2 Å². The first-order valence-electron chi connectivity index (χ1n) is 8.52. The van der Waals surface area contributed by atoms with Crippen LogP contribution in [0.15, 0.2) is 148 Å². The zero-order valence-corrected chi connectivity index (χ0v) is 18.2. The lowest BCUT2D eigenvalue weighted by molar-refractivity contribution is 0.267. The van der Waals surface area contributed by atoms with Gasteiger partial charge >= 0.3 is 6.72 Å². The summed E-state index contributed by atoms with van der Waals surface area (Å²) in [4.78, 5) is 0. The van der Waals surface area contributed by atoms with Crippen molar-refractivity contribution in [2.75, 3.05) is 0 Å². The molecule has 0 aromatic heterocycles. The average molecular weight is 427 g/mol. The largest absolute Gasteiger partial charge is 0.490 e. The van der Waals surface area contributed by atoms with E-state index in [0.29, 0.717) is 17.3 Å². The minimum absolute atomic E-state index is 0.402. The highest BCUT2D eigenvalue weighted by Crippen LogP contribution is 2.55. The maximum atomic E-state index is 5.96. The van der Waals surface area contributed by atoms with Crippen molar-refractivity contribution < 1.29 is 13.6 Å². The predicted octanol–water partition coefficient (Wildman–Crippen LogP) is 7.70. The van der Waals surface area contributed by atoms with Crippen molar-refractivity contribution in [2.45, 2.75) is 0 Å². The van der Waals surface area contributed by atoms with E-state index in [2.05, 4.69) is 39.5 Å². The molecule has 0 bridgehead atoms. The molecule has 0 aliphatic heterocycles. The Labute approximate surface area is 180 Å². The molecule has 0 rings (SSSR count). The molecule has 0 aromatic rings. The molecule has 3 nitrogen and oxygen atoms in total. The van der Waals surface area contributed by atoms with Gasteiger partial charge in [0.2, 0.25) is 0 Å². The van der Waals surface area contributed by atoms with Crippen LogP contribution in [-0.2, 0) is 25.4 Å². The van der Waals surface area contributed by atoms with Gasteiger partial charge in [-0.3, -0.25) is 0 Å². The molecule has 0 aliphatic carbocycles. The maximum Gasteiger partial charge on any atom is 0.490 e. The number of hydrogen-bond acceptors (Lipinski definition) is 4. The molecule has 0 radical (unpaired) electrons. The Hall–Kier alpha value is -3.07. The molecule has 0 fully saturated rings. The molecule has 0 heterocycles. The second kappa shape index (κ2) is 15.9. The maximum absolute atomic E-state index is 5.96. The minimum atomic E-state index is -3.37. The van der Waals surface area contributed by atoms with E-state index in [1.807, 2.05) is 0 Å². The Balaban J connectivity index is 6.20. The van der Waals surface area contributed by atoms with E-state index < -0.39 is 6.72 Å². The molecule has 0 N–H and O–H groups in total. The van der Waals surface area contributed by atoms with Crippen LogP contribution in [0.5, 0.6) is 0 Å². The van der Waals surface area contributed by atoms with E-state index in [4.69, 9.17) is 25.4 Å². The van der Waals surface area contributed by atoms with Crippen molar-refractivity contribution in [2.24, 2.45) is 0 Å². The normalized spacial score (nSPS) is 13.3. The highest BCUT2D eigenvalue weighted by molar-refractivity contribution is 8.07. The molecule has 0 saturated heterocycles. The van der Waals surface area contributed by atoms with Crippen molar-refractivity contribution in [3.05, 3.63) is 148 Å². The van der Waals surface area contributed by atoms with Gasteiger partial charge in [0.05, 0.1) is 0 Å². The zero-order valence-electron chi connectivity index (χ0n) is 16.5. The lowest BCUT2D eigenvalue weighted by Crippen LogP contribution is -1.99. The first kappa shape index (κ1) is 25.9. The molecule has 29 heavy (non-hydrogen) atoms. The van der Waals surface area contributed by atoms with Gasteiger partial charge in [0.25, 0.3) is 0 Å².